The zero-order chi connectivity index (χ0) is 7.86. The van der Waals surface area contributed by atoms with Crippen LogP contribution in [0.1, 0.15) is 27.7 Å². The van der Waals surface area contributed by atoms with E-state index in [0.717, 1.165) is 0 Å². The van der Waals surface area contributed by atoms with Crippen LogP contribution in [0, 0.1) is 5.41 Å². The second-order valence-electron chi connectivity index (χ2n) is 1.53. The zero-order valence-corrected chi connectivity index (χ0v) is 7.38. The van der Waals surface area contributed by atoms with Gasteiger partial charge in [0, 0.05) is 5.25 Å². The molecule has 0 bridgehead atoms. The lowest BCUT2D eigenvalue weighted by Crippen LogP contribution is -2.06. The van der Waals surface area contributed by atoms with Crippen molar-refractivity contribution < 1.29 is 0 Å². The van der Waals surface area contributed by atoms with Crippen molar-refractivity contribution in [3.05, 3.63) is 0 Å². The molecule has 0 rings (SSSR count). The summed E-state index contributed by atoms with van der Waals surface area (Å²) in [5.41, 5.74) is 5.04. The summed E-state index contributed by atoms with van der Waals surface area (Å²) in [6, 6.07) is 0. The number of hydrogen-bond donors (Lipinski definition) is 2. The Morgan fingerprint density at radius 1 is 1.44 bits per heavy atom. The number of thioether (sulfide) groups is 1. The second kappa shape index (κ2) is 7.82. The molecule has 0 radical (unpaired) electrons. The summed E-state index contributed by atoms with van der Waals surface area (Å²) < 4.78 is 0. The van der Waals surface area contributed by atoms with Crippen molar-refractivity contribution in [3.8, 4) is 0 Å². The fraction of sp³-hybridized carbons (Fsp3) is 0.833. The highest BCUT2D eigenvalue weighted by Crippen LogP contribution is 2.05. The molecule has 0 aliphatic carbocycles. The maximum atomic E-state index is 6.77. The topological polar surface area (TPSA) is 49.9 Å². The number of hydrogen-bond acceptors (Lipinski definition) is 2. The van der Waals surface area contributed by atoms with Gasteiger partial charge in [0.1, 0.15) is 0 Å². The standard InChI is InChI=1S/C4H10N2S.C2H6/c1-3(2)7-4(5)6;1-2/h3H,1-2H3,(H3,5,6);1-2H3. The fourth-order valence-electron chi connectivity index (χ4n) is 0.254. The molecule has 2 nitrogen and oxygen atoms in total. The summed E-state index contributed by atoms with van der Waals surface area (Å²) in [5, 5.41) is 7.41. The van der Waals surface area contributed by atoms with E-state index in [4.69, 9.17) is 11.1 Å². The average molecular weight is 148 g/mol. The molecule has 0 aromatic carbocycles. The lowest BCUT2D eigenvalue weighted by atomic mass is 10.6. The number of amidine groups is 1. The van der Waals surface area contributed by atoms with Gasteiger partial charge in [-0.25, -0.2) is 0 Å². The number of nitrogens with one attached hydrogen (secondary N) is 1. The van der Waals surface area contributed by atoms with Gasteiger partial charge in [-0.3, -0.25) is 5.41 Å². The Labute approximate surface area is 61.7 Å². The van der Waals surface area contributed by atoms with Crippen LogP contribution in [0.25, 0.3) is 0 Å². The Bertz CT molecular complexity index is 71.5. The molecule has 0 fully saturated rings. The summed E-state index contributed by atoms with van der Waals surface area (Å²) >= 11 is 1.37. The van der Waals surface area contributed by atoms with E-state index in [1.54, 1.807) is 0 Å². The number of rotatable bonds is 1. The van der Waals surface area contributed by atoms with Crippen LogP contribution >= 0.6 is 11.8 Å². The zero-order valence-electron chi connectivity index (χ0n) is 6.56. The van der Waals surface area contributed by atoms with Crippen molar-refractivity contribution in [2.75, 3.05) is 0 Å². The molecule has 0 heterocycles. The SMILES string of the molecule is CC.CC(C)SC(=N)N. The van der Waals surface area contributed by atoms with Crippen LogP contribution in [0.15, 0.2) is 0 Å². The van der Waals surface area contributed by atoms with Gasteiger partial charge < -0.3 is 5.73 Å². The van der Waals surface area contributed by atoms with Crippen molar-refractivity contribution in [1.29, 1.82) is 5.41 Å². The fourth-order valence-corrected chi connectivity index (χ4v) is 0.762. The normalized spacial score (nSPS) is 8.11. The molecule has 56 valence electrons. The molecule has 0 aromatic rings. The second-order valence-corrected chi connectivity index (χ2v) is 3.15. The van der Waals surface area contributed by atoms with E-state index >= 15 is 0 Å². The lowest BCUT2D eigenvalue weighted by Gasteiger charge is -1.97. The minimum Gasteiger partial charge on any atom is -0.379 e. The first-order chi connectivity index (χ1) is 4.13. The third kappa shape index (κ3) is 18.2. The largest absolute Gasteiger partial charge is 0.379 e. The molecule has 0 unspecified atom stereocenters. The van der Waals surface area contributed by atoms with E-state index in [1.165, 1.54) is 11.8 Å². The maximum Gasteiger partial charge on any atom is 0.151 e. The van der Waals surface area contributed by atoms with Crippen molar-refractivity contribution in [3.63, 3.8) is 0 Å². The molecule has 0 saturated carbocycles. The van der Waals surface area contributed by atoms with Gasteiger partial charge in [-0.2, -0.15) is 0 Å². The van der Waals surface area contributed by atoms with Gasteiger partial charge in [-0.15, -0.1) is 0 Å². The Kier molecular flexibility index (Phi) is 10.1. The van der Waals surface area contributed by atoms with Crippen molar-refractivity contribution >= 4 is 16.9 Å². The molecule has 3 N–H and O–H groups in total. The van der Waals surface area contributed by atoms with Crippen LogP contribution in [-0.2, 0) is 0 Å². The van der Waals surface area contributed by atoms with Crippen LogP contribution in [0.2, 0.25) is 0 Å². The van der Waals surface area contributed by atoms with Crippen molar-refractivity contribution in [2.45, 2.75) is 32.9 Å². The van der Waals surface area contributed by atoms with Crippen LogP contribution in [0.4, 0.5) is 0 Å². The van der Waals surface area contributed by atoms with Crippen LogP contribution in [-0.4, -0.2) is 10.4 Å². The first kappa shape index (κ1) is 11.6. The van der Waals surface area contributed by atoms with Crippen LogP contribution in [0.3, 0.4) is 0 Å². The minimum atomic E-state index is 0.204. The molecule has 0 aliphatic heterocycles. The predicted octanol–water partition coefficient (Wildman–Crippen LogP) is 2.05. The molecule has 0 aromatic heterocycles. The first-order valence-electron chi connectivity index (χ1n) is 3.13. The molecular weight excluding hydrogens is 132 g/mol. The average Bonchev–Trinajstić information content (AvgIpc) is 1.68. The summed E-state index contributed by atoms with van der Waals surface area (Å²) in [6.45, 7) is 8.01. The third-order valence-corrected chi connectivity index (χ3v) is 1.09. The van der Waals surface area contributed by atoms with Gasteiger partial charge >= 0.3 is 0 Å². The molecule has 9 heavy (non-hydrogen) atoms. The van der Waals surface area contributed by atoms with Gasteiger partial charge in [0.05, 0.1) is 0 Å². The third-order valence-electron chi connectivity index (χ3n) is 0.363. The Morgan fingerprint density at radius 3 is 1.78 bits per heavy atom. The van der Waals surface area contributed by atoms with Gasteiger partial charge in [-0.1, -0.05) is 39.5 Å². The minimum absolute atomic E-state index is 0.204. The highest BCUT2D eigenvalue weighted by Gasteiger charge is 1.93. The first-order valence-corrected chi connectivity index (χ1v) is 4.01. The molecule has 0 amide bonds. The molecule has 0 saturated heterocycles. The quantitative estimate of drug-likeness (QED) is 0.441. The van der Waals surface area contributed by atoms with E-state index in [2.05, 4.69) is 0 Å². The molecule has 3 heteroatoms. The summed E-state index contributed by atoms with van der Waals surface area (Å²) in [6.07, 6.45) is 0. The molecule has 0 atom stereocenters. The van der Waals surface area contributed by atoms with Crippen molar-refractivity contribution in [2.24, 2.45) is 5.73 Å². The highest BCUT2D eigenvalue weighted by molar-refractivity contribution is 8.14. The molecular formula is C6H16N2S. The number of nitrogens with two attached hydrogens (primary N) is 1. The van der Waals surface area contributed by atoms with Gasteiger partial charge in [0.2, 0.25) is 0 Å². The summed E-state index contributed by atoms with van der Waals surface area (Å²) in [7, 11) is 0. The highest BCUT2D eigenvalue weighted by atomic mass is 32.2. The van der Waals surface area contributed by atoms with E-state index in [1.807, 2.05) is 27.7 Å². The van der Waals surface area contributed by atoms with Gasteiger partial charge in [-0.05, 0) is 0 Å². The van der Waals surface area contributed by atoms with E-state index in [9.17, 15) is 0 Å². The smallest absolute Gasteiger partial charge is 0.151 e. The maximum absolute atomic E-state index is 6.77. The lowest BCUT2D eigenvalue weighted by molar-refractivity contribution is 1.12. The van der Waals surface area contributed by atoms with Crippen molar-refractivity contribution in [1.82, 2.24) is 0 Å². The Balaban J connectivity index is 0. The monoisotopic (exact) mass is 148 g/mol. The van der Waals surface area contributed by atoms with Gasteiger partial charge in [0.15, 0.2) is 5.17 Å². The Hall–Kier alpha value is -0.180. The van der Waals surface area contributed by atoms with E-state index in [-0.39, 0.29) is 5.17 Å². The van der Waals surface area contributed by atoms with E-state index in [0.29, 0.717) is 5.25 Å². The van der Waals surface area contributed by atoms with Crippen LogP contribution in [0.5, 0.6) is 0 Å². The van der Waals surface area contributed by atoms with E-state index < -0.39 is 0 Å². The summed E-state index contributed by atoms with van der Waals surface area (Å²) in [4.78, 5) is 0. The molecule has 0 aliphatic rings. The Morgan fingerprint density at radius 2 is 1.78 bits per heavy atom. The van der Waals surface area contributed by atoms with Crippen LogP contribution < -0.4 is 5.73 Å². The molecule has 0 spiro atoms. The summed E-state index contributed by atoms with van der Waals surface area (Å²) in [5.74, 6) is 0. The van der Waals surface area contributed by atoms with Gasteiger partial charge in [0.25, 0.3) is 0 Å². The predicted molar refractivity (Wildman–Crippen MR) is 46.0 cm³/mol.